The summed E-state index contributed by atoms with van der Waals surface area (Å²) in [4.78, 5) is 24.1. The quantitative estimate of drug-likeness (QED) is 0.914. The highest BCUT2D eigenvalue weighted by molar-refractivity contribution is 7.90. The summed E-state index contributed by atoms with van der Waals surface area (Å²) in [7, 11) is -4.13. The van der Waals surface area contributed by atoms with Gasteiger partial charge >= 0.3 is 6.03 Å². The molecular formula is C15H12N2O4S. The molecule has 0 unspecified atom stereocenters. The minimum atomic E-state index is -4.13. The topological polar surface area (TPSA) is 83.6 Å². The second kappa shape index (κ2) is 5.27. The monoisotopic (exact) mass is 316 g/mol. The average molecular weight is 316 g/mol. The molecule has 0 aliphatic carbocycles. The molecule has 0 bridgehead atoms. The molecule has 1 heterocycles. The maximum atomic E-state index is 12.3. The molecule has 1 N–H and O–H groups in total. The average Bonchev–Trinajstić information content (AvgIpc) is 2.73. The van der Waals surface area contributed by atoms with Crippen LogP contribution in [0.3, 0.4) is 0 Å². The summed E-state index contributed by atoms with van der Waals surface area (Å²) >= 11 is 0. The Morgan fingerprint density at radius 2 is 1.64 bits per heavy atom. The fourth-order valence-corrected chi connectivity index (χ4v) is 3.71. The highest BCUT2D eigenvalue weighted by Crippen LogP contribution is 2.29. The molecule has 0 fully saturated rings. The number of amides is 3. The van der Waals surface area contributed by atoms with E-state index in [4.69, 9.17) is 0 Å². The Hall–Kier alpha value is -2.67. The van der Waals surface area contributed by atoms with Gasteiger partial charge < -0.3 is 5.32 Å². The molecule has 1 aliphatic rings. The summed E-state index contributed by atoms with van der Waals surface area (Å²) in [6.07, 6.45) is 0. The second-order valence-electron chi connectivity index (χ2n) is 4.72. The molecule has 22 heavy (non-hydrogen) atoms. The van der Waals surface area contributed by atoms with Crippen molar-refractivity contribution < 1.29 is 18.0 Å². The molecule has 0 saturated heterocycles. The molecule has 3 amide bonds. The number of rotatable bonds is 2. The molecule has 2 aromatic rings. The first-order chi connectivity index (χ1) is 10.5. The minimum absolute atomic E-state index is 0.0114. The van der Waals surface area contributed by atoms with Crippen LogP contribution >= 0.6 is 0 Å². The van der Waals surface area contributed by atoms with E-state index in [1.165, 1.54) is 18.2 Å². The van der Waals surface area contributed by atoms with Crippen LogP contribution < -0.4 is 5.32 Å². The molecule has 112 valence electrons. The van der Waals surface area contributed by atoms with Crippen molar-refractivity contribution in [3.05, 3.63) is 65.7 Å². The second-order valence-corrected chi connectivity index (χ2v) is 6.47. The van der Waals surface area contributed by atoms with E-state index in [-0.39, 0.29) is 21.3 Å². The van der Waals surface area contributed by atoms with Crippen molar-refractivity contribution in [1.29, 1.82) is 0 Å². The van der Waals surface area contributed by atoms with Crippen LogP contribution in [0.4, 0.5) is 4.79 Å². The van der Waals surface area contributed by atoms with Crippen LogP contribution in [0.15, 0.2) is 59.5 Å². The molecular weight excluding hydrogens is 304 g/mol. The van der Waals surface area contributed by atoms with Gasteiger partial charge in [-0.15, -0.1) is 4.31 Å². The number of imide groups is 1. The largest absolute Gasteiger partial charge is 0.339 e. The Kier molecular flexibility index (Phi) is 3.42. The first-order valence-electron chi connectivity index (χ1n) is 6.52. The molecule has 0 atom stereocenters. The van der Waals surface area contributed by atoms with Gasteiger partial charge in [-0.3, -0.25) is 4.79 Å². The van der Waals surface area contributed by atoms with Crippen molar-refractivity contribution in [2.45, 2.75) is 11.4 Å². The predicted octanol–water partition coefficient (Wildman–Crippen LogP) is 1.74. The molecule has 0 spiro atoms. The molecule has 6 nitrogen and oxygen atoms in total. The molecule has 0 radical (unpaired) electrons. The number of urea groups is 1. The van der Waals surface area contributed by atoms with Gasteiger partial charge in [0.15, 0.2) is 0 Å². The number of nitrogens with zero attached hydrogens (tertiary/aromatic N) is 1. The van der Waals surface area contributed by atoms with E-state index in [1.807, 2.05) is 6.07 Å². The first-order valence-corrected chi connectivity index (χ1v) is 7.96. The third-order valence-electron chi connectivity index (χ3n) is 3.29. The third-order valence-corrected chi connectivity index (χ3v) is 5.02. The lowest BCUT2D eigenvalue weighted by Gasteiger charge is -2.14. The number of fused-ring (bicyclic) bond motifs is 1. The number of hydrogen-bond acceptors (Lipinski definition) is 4. The molecule has 3 rings (SSSR count). The number of hydrogen-bond donors (Lipinski definition) is 1. The summed E-state index contributed by atoms with van der Waals surface area (Å²) in [5.41, 5.74) is 0.815. The lowest BCUT2D eigenvalue weighted by molar-refractivity contribution is 0.0893. The SMILES string of the molecule is O=C(NCc1ccccc1)N1C(=O)c2ccccc2S1(=O)=O. The molecule has 7 heteroatoms. The normalized spacial score (nSPS) is 15.5. The molecule has 0 aromatic heterocycles. The lowest BCUT2D eigenvalue weighted by atomic mass is 10.2. The van der Waals surface area contributed by atoms with Crippen molar-refractivity contribution >= 4 is 22.0 Å². The summed E-state index contributed by atoms with van der Waals surface area (Å²) in [6, 6.07) is 13.8. The van der Waals surface area contributed by atoms with E-state index in [0.717, 1.165) is 5.56 Å². The van der Waals surface area contributed by atoms with Gasteiger partial charge in [0.2, 0.25) is 0 Å². The zero-order valence-electron chi connectivity index (χ0n) is 11.4. The Bertz CT molecular complexity index is 847. The van der Waals surface area contributed by atoms with Crippen LogP contribution in [0.5, 0.6) is 0 Å². The smallest absolute Gasteiger partial charge is 0.333 e. The standard InChI is InChI=1S/C15H12N2O4S/c18-14-12-8-4-5-9-13(12)22(20,21)17(14)15(19)16-10-11-6-2-1-3-7-11/h1-9H,10H2,(H,16,19). The zero-order valence-corrected chi connectivity index (χ0v) is 12.2. The predicted molar refractivity (Wildman–Crippen MR) is 78.5 cm³/mol. The Morgan fingerprint density at radius 1 is 1.00 bits per heavy atom. The van der Waals surface area contributed by atoms with Crippen LogP contribution in [0.2, 0.25) is 0 Å². The molecule has 0 saturated carbocycles. The Balaban J connectivity index is 1.84. The van der Waals surface area contributed by atoms with Crippen molar-refractivity contribution in [2.24, 2.45) is 0 Å². The van der Waals surface area contributed by atoms with Gasteiger partial charge in [-0.1, -0.05) is 42.5 Å². The third kappa shape index (κ3) is 2.25. The van der Waals surface area contributed by atoms with E-state index in [9.17, 15) is 18.0 Å². The summed E-state index contributed by atoms with van der Waals surface area (Å²) in [6.45, 7) is 0.134. The number of carbonyl (C=O) groups excluding carboxylic acids is 2. The maximum Gasteiger partial charge on any atom is 0.339 e. The van der Waals surface area contributed by atoms with Crippen LogP contribution in [0.25, 0.3) is 0 Å². The molecule has 2 aromatic carbocycles. The van der Waals surface area contributed by atoms with E-state index in [1.54, 1.807) is 30.3 Å². The number of benzene rings is 2. The van der Waals surface area contributed by atoms with Crippen molar-refractivity contribution in [3.63, 3.8) is 0 Å². The van der Waals surface area contributed by atoms with Gasteiger partial charge in [-0.2, -0.15) is 0 Å². The maximum absolute atomic E-state index is 12.3. The highest BCUT2D eigenvalue weighted by Gasteiger charge is 2.45. The fourth-order valence-electron chi connectivity index (χ4n) is 2.23. The van der Waals surface area contributed by atoms with Gasteiger partial charge in [0.05, 0.1) is 5.56 Å². The number of carbonyl (C=O) groups is 2. The van der Waals surface area contributed by atoms with Crippen LogP contribution in [0.1, 0.15) is 15.9 Å². The number of nitrogens with one attached hydrogen (secondary N) is 1. The fraction of sp³-hybridized carbons (Fsp3) is 0.0667. The molecule has 1 aliphatic heterocycles. The summed E-state index contributed by atoms with van der Waals surface area (Å²) < 4.78 is 24.9. The van der Waals surface area contributed by atoms with Crippen molar-refractivity contribution in [2.75, 3.05) is 0 Å². The van der Waals surface area contributed by atoms with E-state index in [0.29, 0.717) is 0 Å². The van der Waals surface area contributed by atoms with Crippen molar-refractivity contribution in [3.8, 4) is 0 Å². The van der Waals surface area contributed by atoms with E-state index >= 15 is 0 Å². The van der Waals surface area contributed by atoms with Gasteiger partial charge in [-0.05, 0) is 17.7 Å². The summed E-state index contributed by atoms with van der Waals surface area (Å²) in [5.74, 6) is -0.832. The van der Waals surface area contributed by atoms with E-state index in [2.05, 4.69) is 5.32 Å². The zero-order chi connectivity index (χ0) is 15.7. The van der Waals surface area contributed by atoms with E-state index < -0.39 is 22.0 Å². The van der Waals surface area contributed by atoms with Crippen LogP contribution in [-0.2, 0) is 16.6 Å². The van der Waals surface area contributed by atoms with Crippen LogP contribution in [0, 0.1) is 0 Å². The van der Waals surface area contributed by atoms with Gasteiger partial charge in [0.1, 0.15) is 4.90 Å². The Morgan fingerprint density at radius 3 is 2.32 bits per heavy atom. The summed E-state index contributed by atoms with van der Waals surface area (Å²) in [5, 5.41) is 2.45. The van der Waals surface area contributed by atoms with Gasteiger partial charge in [0, 0.05) is 6.54 Å². The Labute approximate surface area is 127 Å². The highest BCUT2D eigenvalue weighted by atomic mass is 32.2. The minimum Gasteiger partial charge on any atom is -0.333 e. The van der Waals surface area contributed by atoms with Crippen LogP contribution in [-0.4, -0.2) is 24.7 Å². The van der Waals surface area contributed by atoms with Gasteiger partial charge in [0.25, 0.3) is 15.9 Å². The lowest BCUT2D eigenvalue weighted by Crippen LogP contribution is -2.43. The van der Waals surface area contributed by atoms with Crippen molar-refractivity contribution in [1.82, 2.24) is 9.62 Å². The number of sulfonamides is 1. The first kappa shape index (κ1) is 14.3. The van der Waals surface area contributed by atoms with Gasteiger partial charge in [-0.25, -0.2) is 13.2 Å².